The van der Waals surface area contributed by atoms with Gasteiger partial charge >= 0.3 is 0 Å². The van der Waals surface area contributed by atoms with Crippen LogP contribution in [0.15, 0.2) is 0 Å². The molecule has 2 heteroatoms. The highest BCUT2D eigenvalue weighted by Gasteiger charge is 2.58. The summed E-state index contributed by atoms with van der Waals surface area (Å²) in [6.45, 7) is 26.2. The molecule has 164 valence electrons. The van der Waals surface area contributed by atoms with Crippen molar-refractivity contribution in [3.05, 3.63) is 27.8 Å². The zero-order chi connectivity index (χ0) is 22.0. The first-order valence-electron chi connectivity index (χ1n) is 11.9. The van der Waals surface area contributed by atoms with Gasteiger partial charge in [-0.1, -0.05) is 41.5 Å². The van der Waals surface area contributed by atoms with Gasteiger partial charge in [0, 0.05) is 23.1 Å². The maximum Gasteiger partial charge on any atom is 0.127 e. The molecule has 0 aromatic heterocycles. The van der Waals surface area contributed by atoms with Crippen LogP contribution in [0.1, 0.15) is 102 Å². The minimum atomic E-state index is 0.0818. The molecule has 4 unspecified atom stereocenters. The maximum absolute atomic E-state index is 7.02. The van der Waals surface area contributed by atoms with Crippen LogP contribution in [0.25, 0.3) is 0 Å². The minimum Gasteiger partial charge on any atom is -0.489 e. The molecule has 0 aliphatic carbocycles. The largest absolute Gasteiger partial charge is 0.489 e. The second-order valence-electron chi connectivity index (χ2n) is 11.2. The molecule has 0 N–H and O–H groups in total. The number of nitrogens with zero attached hydrogens (tertiary/aromatic N) is 1. The van der Waals surface area contributed by atoms with Crippen LogP contribution in [0.4, 0.5) is 0 Å². The zero-order valence-corrected chi connectivity index (χ0v) is 21.2. The van der Waals surface area contributed by atoms with Crippen molar-refractivity contribution in [2.24, 2.45) is 17.3 Å². The normalized spacial score (nSPS) is 32.3. The lowest BCUT2D eigenvalue weighted by Crippen LogP contribution is -2.50. The number of benzene rings is 1. The molecule has 0 fully saturated rings. The smallest absolute Gasteiger partial charge is 0.127 e. The summed E-state index contributed by atoms with van der Waals surface area (Å²) >= 11 is 0. The highest BCUT2D eigenvalue weighted by Crippen LogP contribution is 2.60. The van der Waals surface area contributed by atoms with E-state index < -0.39 is 0 Å². The third-order valence-electron chi connectivity index (χ3n) is 9.73. The predicted octanol–water partition coefficient (Wildman–Crippen LogP) is 7.12. The van der Waals surface area contributed by atoms with Crippen molar-refractivity contribution in [3.8, 4) is 5.75 Å². The molecule has 2 aliphatic rings. The molecule has 2 nitrogen and oxygen atoms in total. The van der Waals surface area contributed by atoms with Crippen LogP contribution in [0.2, 0.25) is 0 Å². The lowest BCUT2D eigenvalue weighted by atomic mass is 9.60. The monoisotopic (exact) mass is 399 g/mol. The molecule has 2 heterocycles. The average Bonchev–Trinajstić information content (AvgIpc) is 2.95. The summed E-state index contributed by atoms with van der Waals surface area (Å²) in [6.07, 6.45) is 2.49. The second-order valence-corrected chi connectivity index (χ2v) is 11.2. The molecule has 0 amide bonds. The number of rotatable bonds is 4. The topological polar surface area (TPSA) is 12.5 Å². The van der Waals surface area contributed by atoms with E-state index in [0.717, 1.165) is 12.8 Å². The molecule has 0 radical (unpaired) electrons. The Bertz CT molecular complexity index is 792. The molecule has 5 atom stereocenters. The molecule has 1 aromatic rings. The van der Waals surface area contributed by atoms with E-state index in [4.69, 9.17) is 4.74 Å². The van der Waals surface area contributed by atoms with E-state index >= 15 is 0 Å². The summed E-state index contributed by atoms with van der Waals surface area (Å²) in [7, 11) is 2.32. The molecule has 0 saturated heterocycles. The van der Waals surface area contributed by atoms with Crippen molar-refractivity contribution >= 4 is 0 Å². The second kappa shape index (κ2) is 7.29. The quantitative estimate of drug-likeness (QED) is 0.534. The van der Waals surface area contributed by atoms with E-state index in [1.807, 2.05) is 0 Å². The van der Waals surface area contributed by atoms with Crippen molar-refractivity contribution in [1.82, 2.24) is 4.90 Å². The molecule has 0 bridgehead atoms. The van der Waals surface area contributed by atoms with Gasteiger partial charge in [-0.3, -0.25) is 4.90 Å². The van der Waals surface area contributed by atoms with Gasteiger partial charge < -0.3 is 4.74 Å². The zero-order valence-electron chi connectivity index (χ0n) is 21.2. The fraction of sp³-hybridized carbons (Fsp3) is 0.778. The Hall–Kier alpha value is -1.02. The molecule has 29 heavy (non-hydrogen) atoms. The van der Waals surface area contributed by atoms with Gasteiger partial charge in [-0.15, -0.1) is 0 Å². The SMILES string of the molecule is CCC12c3c(c(C)c(C)c(C)c3C(C)N(C)C(C)[C@H]1C)OC2CC(C)(C)C(C)C. The van der Waals surface area contributed by atoms with Gasteiger partial charge in [-0.2, -0.15) is 0 Å². The lowest BCUT2D eigenvalue weighted by Gasteiger charge is -2.45. The van der Waals surface area contributed by atoms with Crippen molar-refractivity contribution in [2.45, 2.75) is 113 Å². The number of ether oxygens (including phenoxy) is 1. The number of hydrogen-bond acceptors (Lipinski definition) is 2. The van der Waals surface area contributed by atoms with Crippen LogP contribution in [0.3, 0.4) is 0 Å². The lowest BCUT2D eigenvalue weighted by molar-refractivity contribution is 0.0199. The highest BCUT2D eigenvalue weighted by atomic mass is 16.5. The Morgan fingerprint density at radius 2 is 1.62 bits per heavy atom. The van der Waals surface area contributed by atoms with Crippen LogP contribution < -0.4 is 4.74 Å². The fourth-order valence-electron chi connectivity index (χ4n) is 6.21. The van der Waals surface area contributed by atoms with Crippen molar-refractivity contribution in [3.63, 3.8) is 0 Å². The van der Waals surface area contributed by atoms with E-state index in [1.54, 1.807) is 11.1 Å². The van der Waals surface area contributed by atoms with E-state index in [9.17, 15) is 0 Å². The first kappa shape index (κ1) is 22.7. The standard InChI is InChI=1S/C27H45NO/c1-13-27-19(7)20(8)28(12)21(9)23-17(5)16(4)18(6)25(24(23)27)29-22(27)14-26(10,11)15(2)3/h15,19-22H,13-14H2,1-12H3/t19-,20?,21?,22?,27?/m1/s1. The predicted molar refractivity (Wildman–Crippen MR) is 125 cm³/mol. The molecular weight excluding hydrogens is 354 g/mol. The van der Waals surface area contributed by atoms with Crippen LogP contribution in [-0.4, -0.2) is 24.1 Å². The van der Waals surface area contributed by atoms with E-state index in [1.165, 1.54) is 22.4 Å². The van der Waals surface area contributed by atoms with Crippen LogP contribution in [-0.2, 0) is 5.41 Å². The van der Waals surface area contributed by atoms with Gasteiger partial charge in [0.1, 0.15) is 11.9 Å². The van der Waals surface area contributed by atoms with Crippen molar-refractivity contribution in [1.29, 1.82) is 0 Å². The van der Waals surface area contributed by atoms with Crippen molar-refractivity contribution in [2.75, 3.05) is 7.05 Å². The summed E-state index contributed by atoms with van der Waals surface area (Å²) in [4.78, 5) is 2.61. The third kappa shape index (κ3) is 2.99. The highest BCUT2D eigenvalue weighted by molar-refractivity contribution is 5.62. The average molecular weight is 400 g/mol. The van der Waals surface area contributed by atoms with E-state index in [2.05, 4.69) is 88.1 Å². The first-order valence-corrected chi connectivity index (χ1v) is 11.9. The minimum absolute atomic E-state index is 0.0818. The van der Waals surface area contributed by atoms with Crippen LogP contribution in [0, 0.1) is 38.0 Å². The summed E-state index contributed by atoms with van der Waals surface area (Å²) in [5, 5.41) is 0. The Kier molecular flexibility index (Phi) is 5.70. The molecule has 3 rings (SSSR count). The molecule has 0 saturated carbocycles. The first-order chi connectivity index (χ1) is 13.3. The van der Waals surface area contributed by atoms with Gasteiger partial charge in [0.05, 0.1) is 0 Å². The fourth-order valence-corrected chi connectivity index (χ4v) is 6.21. The van der Waals surface area contributed by atoms with Crippen molar-refractivity contribution < 1.29 is 4.74 Å². The van der Waals surface area contributed by atoms with E-state index in [0.29, 0.717) is 23.9 Å². The summed E-state index contributed by atoms with van der Waals surface area (Å²) < 4.78 is 7.02. The Labute approximate surface area is 180 Å². The summed E-state index contributed by atoms with van der Waals surface area (Å²) in [6, 6.07) is 0.922. The van der Waals surface area contributed by atoms with E-state index in [-0.39, 0.29) is 16.9 Å². The Morgan fingerprint density at radius 3 is 2.14 bits per heavy atom. The molecule has 1 aromatic carbocycles. The van der Waals surface area contributed by atoms with Crippen LogP contribution in [0.5, 0.6) is 5.75 Å². The number of hydrogen-bond donors (Lipinski definition) is 0. The van der Waals surface area contributed by atoms with Gasteiger partial charge in [0.15, 0.2) is 0 Å². The molecular formula is C27H45NO. The Morgan fingerprint density at radius 1 is 1.03 bits per heavy atom. The maximum atomic E-state index is 7.02. The van der Waals surface area contributed by atoms with Gasteiger partial charge in [0.25, 0.3) is 0 Å². The van der Waals surface area contributed by atoms with Gasteiger partial charge in [-0.05, 0) is 94.0 Å². The molecule has 2 aliphatic heterocycles. The van der Waals surface area contributed by atoms with Crippen LogP contribution >= 0.6 is 0 Å². The van der Waals surface area contributed by atoms with Gasteiger partial charge in [0.2, 0.25) is 0 Å². The molecule has 0 spiro atoms. The third-order valence-corrected chi connectivity index (χ3v) is 9.73. The van der Waals surface area contributed by atoms with Gasteiger partial charge in [-0.25, -0.2) is 0 Å². The summed E-state index contributed by atoms with van der Waals surface area (Å²) in [5.74, 6) is 2.39. The summed E-state index contributed by atoms with van der Waals surface area (Å²) in [5.41, 5.74) is 7.69. The Balaban J connectivity index is 2.35.